The molecule has 1 aromatic heterocycles. The molecule has 0 atom stereocenters. The van der Waals surface area contributed by atoms with Gasteiger partial charge >= 0.3 is 11.9 Å². The number of non-ortho nitro benzene ring substituents is 1. The van der Waals surface area contributed by atoms with E-state index >= 15 is 0 Å². The van der Waals surface area contributed by atoms with Crippen molar-refractivity contribution in [1.29, 1.82) is 0 Å². The zero-order chi connectivity index (χ0) is 21.8. The van der Waals surface area contributed by atoms with Gasteiger partial charge in [0.25, 0.3) is 5.69 Å². The molecule has 0 saturated carbocycles. The number of nitro benzene ring substituents is 1. The van der Waals surface area contributed by atoms with E-state index in [1.165, 1.54) is 26.4 Å². The molecular formula is C21H18N2O7. The number of carbonyl (C=O) groups excluding carboxylic acids is 2. The number of rotatable bonds is 6. The maximum atomic E-state index is 12.6. The number of hydrogen-bond acceptors (Lipinski definition) is 8. The van der Waals surface area contributed by atoms with Gasteiger partial charge in [-0.15, -0.1) is 0 Å². The van der Waals surface area contributed by atoms with Crippen LogP contribution in [0, 0.1) is 17.0 Å². The van der Waals surface area contributed by atoms with Crippen molar-refractivity contribution in [3.05, 3.63) is 75.0 Å². The van der Waals surface area contributed by atoms with Gasteiger partial charge < -0.3 is 14.2 Å². The number of para-hydroxylation sites is 1. The molecule has 0 radical (unpaired) electrons. The second-order valence-corrected chi connectivity index (χ2v) is 6.29. The van der Waals surface area contributed by atoms with Crippen molar-refractivity contribution in [2.24, 2.45) is 0 Å². The van der Waals surface area contributed by atoms with Crippen molar-refractivity contribution < 1.29 is 28.7 Å². The molecule has 0 aliphatic carbocycles. The molecule has 2 aromatic carbocycles. The highest BCUT2D eigenvalue weighted by Crippen LogP contribution is 2.27. The highest BCUT2D eigenvalue weighted by Gasteiger charge is 2.23. The van der Waals surface area contributed by atoms with Crippen LogP contribution < -0.4 is 4.74 Å². The van der Waals surface area contributed by atoms with E-state index < -0.39 is 16.9 Å². The summed E-state index contributed by atoms with van der Waals surface area (Å²) < 4.78 is 15.3. The van der Waals surface area contributed by atoms with Gasteiger partial charge in [0.15, 0.2) is 0 Å². The van der Waals surface area contributed by atoms with Crippen LogP contribution in [0.4, 0.5) is 5.69 Å². The second-order valence-electron chi connectivity index (χ2n) is 6.29. The number of methoxy groups -OCH3 is 2. The van der Waals surface area contributed by atoms with Gasteiger partial charge in [0, 0.05) is 17.5 Å². The molecule has 0 unspecified atom stereocenters. The number of nitro groups is 1. The predicted molar refractivity (Wildman–Crippen MR) is 107 cm³/mol. The van der Waals surface area contributed by atoms with E-state index in [1.807, 2.05) is 12.1 Å². The highest BCUT2D eigenvalue weighted by atomic mass is 16.6. The molecular weight excluding hydrogens is 392 g/mol. The van der Waals surface area contributed by atoms with Gasteiger partial charge in [-0.3, -0.25) is 10.1 Å². The fourth-order valence-electron chi connectivity index (χ4n) is 3.10. The van der Waals surface area contributed by atoms with E-state index in [0.29, 0.717) is 11.1 Å². The first-order valence-electron chi connectivity index (χ1n) is 8.83. The largest absolute Gasteiger partial charge is 0.496 e. The number of hydrogen-bond donors (Lipinski definition) is 0. The molecule has 0 saturated heterocycles. The van der Waals surface area contributed by atoms with Crippen LogP contribution in [0.1, 0.15) is 32.0 Å². The summed E-state index contributed by atoms with van der Waals surface area (Å²) in [6, 6.07) is 10.8. The maximum Gasteiger partial charge on any atom is 0.342 e. The fourth-order valence-corrected chi connectivity index (χ4v) is 3.10. The summed E-state index contributed by atoms with van der Waals surface area (Å²) in [6.07, 6.45) is 0. The molecule has 0 aliphatic rings. The summed E-state index contributed by atoms with van der Waals surface area (Å²) in [5.74, 6) is -1.33. The number of pyridine rings is 1. The van der Waals surface area contributed by atoms with Crippen molar-refractivity contribution in [1.82, 2.24) is 4.98 Å². The lowest BCUT2D eigenvalue weighted by atomic mass is 10.0. The Hall–Kier alpha value is -4.01. The highest BCUT2D eigenvalue weighted by molar-refractivity contribution is 5.98. The fraction of sp³-hybridized carbons (Fsp3) is 0.190. The average molecular weight is 410 g/mol. The number of carbonyl (C=O) groups is 2. The Balaban J connectivity index is 1.97. The number of fused-ring (bicyclic) bond motifs is 1. The Morgan fingerprint density at radius 3 is 2.50 bits per heavy atom. The number of aromatic nitrogens is 1. The molecule has 9 nitrogen and oxygen atoms in total. The maximum absolute atomic E-state index is 12.6. The predicted octanol–water partition coefficient (Wildman–Crippen LogP) is 3.60. The van der Waals surface area contributed by atoms with Crippen LogP contribution >= 0.6 is 0 Å². The van der Waals surface area contributed by atoms with Gasteiger partial charge in [-0.25, -0.2) is 14.6 Å². The van der Waals surface area contributed by atoms with E-state index in [4.69, 9.17) is 14.2 Å². The molecule has 0 amide bonds. The Bertz CT molecular complexity index is 1160. The van der Waals surface area contributed by atoms with Crippen LogP contribution in [-0.4, -0.2) is 36.1 Å². The van der Waals surface area contributed by atoms with Crippen molar-refractivity contribution in [2.75, 3.05) is 14.2 Å². The summed E-state index contributed by atoms with van der Waals surface area (Å²) in [7, 11) is 2.59. The van der Waals surface area contributed by atoms with Gasteiger partial charge in [0.05, 0.1) is 35.9 Å². The smallest absolute Gasteiger partial charge is 0.342 e. The number of benzene rings is 2. The van der Waals surface area contributed by atoms with Crippen molar-refractivity contribution in [3.63, 3.8) is 0 Å². The van der Waals surface area contributed by atoms with Gasteiger partial charge in [-0.1, -0.05) is 18.2 Å². The molecule has 0 fully saturated rings. The van der Waals surface area contributed by atoms with E-state index in [-0.39, 0.29) is 34.9 Å². The number of nitrogens with zero attached hydrogens (tertiary/aromatic N) is 2. The van der Waals surface area contributed by atoms with Gasteiger partial charge in [0.1, 0.15) is 17.9 Å². The molecule has 0 bridgehead atoms. The molecule has 0 aliphatic heterocycles. The first kappa shape index (κ1) is 20.7. The zero-order valence-corrected chi connectivity index (χ0v) is 16.5. The monoisotopic (exact) mass is 410 g/mol. The summed E-state index contributed by atoms with van der Waals surface area (Å²) in [4.78, 5) is 39.8. The van der Waals surface area contributed by atoms with E-state index in [2.05, 4.69) is 4.98 Å². The number of aryl methyl sites for hydroxylation is 1. The first-order chi connectivity index (χ1) is 14.4. The van der Waals surface area contributed by atoms with E-state index in [0.717, 1.165) is 11.5 Å². The SMILES string of the molecule is COC(=O)c1c(COC(=O)c2cc([N+](=O)[O-])ccc2OC)nc2ccccc2c1C. The molecule has 9 heteroatoms. The standard InChI is InChI=1S/C21H18N2O7/c1-12-14-6-4-5-7-16(14)22-17(19(12)21(25)29-3)11-30-20(24)15-10-13(23(26)27)8-9-18(15)28-2/h4-10H,11H2,1-3H3. The summed E-state index contributed by atoms with van der Waals surface area (Å²) in [5.41, 5.74) is 1.31. The molecule has 0 spiro atoms. The van der Waals surface area contributed by atoms with Crippen molar-refractivity contribution in [3.8, 4) is 5.75 Å². The minimum Gasteiger partial charge on any atom is -0.496 e. The Labute approximate surface area is 171 Å². The Morgan fingerprint density at radius 2 is 1.83 bits per heavy atom. The normalized spacial score (nSPS) is 10.5. The quantitative estimate of drug-likeness (QED) is 0.344. The van der Waals surface area contributed by atoms with Crippen LogP contribution in [0.2, 0.25) is 0 Å². The first-order valence-corrected chi connectivity index (χ1v) is 8.83. The molecule has 3 rings (SSSR count). The summed E-state index contributed by atoms with van der Waals surface area (Å²) in [6.45, 7) is 1.42. The van der Waals surface area contributed by atoms with Gasteiger partial charge in [0.2, 0.25) is 0 Å². The molecule has 0 N–H and O–H groups in total. The second kappa shape index (κ2) is 8.56. The lowest BCUT2D eigenvalue weighted by Gasteiger charge is -2.14. The van der Waals surface area contributed by atoms with Crippen LogP contribution in [0.5, 0.6) is 5.75 Å². The summed E-state index contributed by atoms with van der Waals surface area (Å²) in [5, 5.41) is 11.8. The average Bonchev–Trinajstić information content (AvgIpc) is 2.76. The Morgan fingerprint density at radius 1 is 1.10 bits per heavy atom. The van der Waals surface area contributed by atoms with Crippen molar-refractivity contribution in [2.45, 2.75) is 13.5 Å². The molecule has 3 aromatic rings. The van der Waals surface area contributed by atoms with Crippen LogP contribution in [-0.2, 0) is 16.1 Å². The lowest BCUT2D eigenvalue weighted by Crippen LogP contribution is -2.14. The van der Waals surface area contributed by atoms with Gasteiger partial charge in [-0.2, -0.15) is 0 Å². The van der Waals surface area contributed by atoms with Crippen LogP contribution in [0.25, 0.3) is 10.9 Å². The molecule has 154 valence electrons. The topological polar surface area (TPSA) is 118 Å². The lowest BCUT2D eigenvalue weighted by molar-refractivity contribution is -0.384. The third-order valence-electron chi connectivity index (χ3n) is 4.57. The number of esters is 2. The third kappa shape index (κ3) is 3.90. The molecule has 30 heavy (non-hydrogen) atoms. The zero-order valence-electron chi connectivity index (χ0n) is 16.5. The number of ether oxygens (including phenoxy) is 3. The van der Waals surface area contributed by atoms with Gasteiger partial charge in [-0.05, 0) is 24.6 Å². The van der Waals surface area contributed by atoms with E-state index in [1.54, 1.807) is 19.1 Å². The van der Waals surface area contributed by atoms with Crippen molar-refractivity contribution >= 4 is 28.5 Å². The third-order valence-corrected chi connectivity index (χ3v) is 4.57. The minimum absolute atomic E-state index is 0.108. The minimum atomic E-state index is -0.848. The van der Waals surface area contributed by atoms with Crippen LogP contribution in [0.3, 0.4) is 0 Å². The van der Waals surface area contributed by atoms with Crippen LogP contribution in [0.15, 0.2) is 42.5 Å². The molecule has 1 heterocycles. The summed E-state index contributed by atoms with van der Waals surface area (Å²) >= 11 is 0. The van der Waals surface area contributed by atoms with E-state index in [9.17, 15) is 19.7 Å². The Kier molecular flexibility index (Phi) is 5.91.